The smallest absolute Gasteiger partial charge is 0.270 e. The summed E-state index contributed by atoms with van der Waals surface area (Å²) in [6, 6.07) is 22.5. The van der Waals surface area contributed by atoms with Crippen LogP contribution in [0.2, 0.25) is 0 Å². The molecular weight excluding hydrogens is 508 g/mol. The summed E-state index contributed by atoms with van der Waals surface area (Å²) in [4.78, 5) is 12.9. The molecule has 3 aromatic rings. The highest BCUT2D eigenvalue weighted by molar-refractivity contribution is 9.10. The normalized spacial score (nSPS) is 11.1. The number of carbonyl (C=O) groups excluding carboxylic acids is 1. The maximum absolute atomic E-state index is 12.9. The molecule has 0 aromatic heterocycles. The lowest BCUT2D eigenvalue weighted by molar-refractivity contribution is 0.101. The molecule has 0 fully saturated rings. The van der Waals surface area contributed by atoms with Crippen LogP contribution in [0.15, 0.2) is 83.3 Å². The summed E-state index contributed by atoms with van der Waals surface area (Å²) in [5.41, 5.74) is 1.75. The van der Waals surface area contributed by atoms with Gasteiger partial charge in [0.2, 0.25) is 10.0 Å². The van der Waals surface area contributed by atoms with Gasteiger partial charge in [-0.1, -0.05) is 58.4 Å². The van der Waals surface area contributed by atoms with Crippen molar-refractivity contribution < 1.29 is 13.2 Å². The summed E-state index contributed by atoms with van der Waals surface area (Å²) in [6.07, 6.45) is 0. The summed E-state index contributed by atoms with van der Waals surface area (Å²) in [7, 11) is -3.68. The zero-order valence-electron chi connectivity index (χ0n) is 14.5. The Morgan fingerprint density at radius 1 is 0.893 bits per heavy atom. The molecule has 0 heterocycles. The number of anilines is 2. The van der Waals surface area contributed by atoms with E-state index in [0.29, 0.717) is 11.3 Å². The van der Waals surface area contributed by atoms with E-state index in [4.69, 9.17) is 0 Å². The zero-order valence-corrected chi connectivity index (χ0v) is 18.5. The van der Waals surface area contributed by atoms with Crippen molar-refractivity contribution >= 4 is 59.4 Å². The molecule has 0 atom stereocenters. The first kappa shape index (κ1) is 20.6. The molecule has 1 amide bonds. The minimum absolute atomic E-state index is 0.179. The number of hydrogen-bond donors (Lipinski definition) is 1. The Morgan fingerprint density at radius 2 is 1.50 bits per heavy atom. The van der Waals surface area contributed by atoms with Crippen LogP contribution in [0.4, 0.5) is 11.4 Å². The minimum Gasteiger partial charge on any atom is -0.282 e. The first-order valence-corrected chi connectivity index (χ1v) is 11.4. The lowest BCUT2D eigenvalue weighted by atomic mass is 10.1. The van der Waals surface area contributed by atoms with E-state index in [2.05, 4.69) is 36.8 Å². The molecule has 0 radical (unpaired) electrons. The molecule has 0 aliphatic carbocycles. The highest BCUT2D eigenvalue weighted by atomic mass is 79.9. The standard InChI is InChI=1S/C20H16Br2N2O3S/c21-16-10-12-17(13-11-16)24(22)20(25)18-8-4-5-9-19(18)23-28(26,27)14-15-6-2-1-3-7-15/h1-13,23H,14H2. The summed E-state index contributed by atoms with van der Waals surface area (Å²) in [6.45, 7) is 0. The molecule has 0 spiro atoms. The monoisotopic (exact) mass is 522 g/mol. The molecule has 3 rings (SSSR count). The molecule has 0 unspecified atom stereocenters. The van der Waals surface area contributed by atoms with Crippen molar-refractivity contribution in [2.24, 2.45) is 0 Å². The second-order valence-corrected chi connectivity index (χ2v) is 9.30. The van der Waals surface area contributed by atoms with E-state index in [-0.39, 0.29) is 22.9 Å². The molecule has 3 aromatic carbocycles. The number of amides is 1. The van der Waals surface area contributed by atoms with E-state index in [1.165, 1.54) is 3.93 Å². The third kappa shape index (κ3) is 5.21. The van der Waals surface area contributed by atoms with Gasteiger partial charge in [0.05, 0.1) is 38.8 Å². The first-order valence-electron chi connectivity index (χ1n) is 8.25. The number of benzene rings is 3. The van der Waals surface area contributed by atoms with Crippen LogP contribution in [0.25, 0.3) is 0 Å². The van der Waals surface area contributed by atoms with Crippen LogP contribution >= 0.6 is 32.1 Å². The second-order valence-electron chi connectivity index (χ2n) is 5.95. The van der Waals surface area contributed by atoms with Crippen molar-refractivity contribution in [3.63, 3.8) is 0 Å². The quantitative estimate of drug-likeness (QED) is 0.443. The van der Waals surface area contributed by atoms with Crippen LogP contribution < -0.4 is 8.65 Å². The SMILES string of the molecule is O=C(c1ccccc1NS(=O)(=O)Cc1ccccc1)N(Br)c1ccc(Br)cc1. The summed E-state index contributed by atoms with van der Waals surface area (Å²) in [5.74, 6) is -0.568. The maximum Gasteiger partial charge on any atom is 0.270 e. The molecule has 1 N–H and O–H groups in total. The van der Waals surface area contributed by atoms with Crippen molar-refractivity contribution in [2.75, 3.05) is 8.65 Å². The summed E-state index contributed by atoms with van der Waals surface area (Å²) in [5, 5.41) is 0. The van der Waals surface area contributed by atoms with E-state index in [1.807, 2.05) is 18.2 Å². The van der Waals surface area contributed by atoms with Gasteiger partial charge in [-0.2, -0.15) is 0 Å². The molecule has 0 saturated heterocycles. The van der Waals surface area contributed by atoms with Crippen molar-refractivity contribution in [2.45, 2.75) is 5.75 Å². The fourth-order valence-electron chi connectivity index (χ4n) is 2.55. The second kappa shape index (κ2) is 8.89. The third-order valence-electron chi connectivity index (χ3n) is 3.85. The molecule has 0 bridgehead atoms. The van der Waals surface area contributed by atoms with Crippen LogP contribution in [0.5, 0.6) is 0 Å². The molecule has 0 aliphatic heterocycles. The molecular formula is C20H16Br2N2O3S. The van der Waals surface area contributed by atoms with Gasteiger partial charge in [-0.25, -0.2) is 12.3 Å². The van der Waals surface area contributed by atoms with Crippen LogP contribution in [0, 0.1) is 0 Å². The minimum atomic E-state index is -3.68. The van der Waals surface area contributed by atoms with Crippen molar-refractivity contribution in [3.05, 3.63) is 94.5 Å². The zero-order chi connectivity index (χ0) is 20.1. The Balaban J connectivity index is 1.84. The van der Waals surface area contributed by atoms with E-state index >= 15 is 0 Å². The highest BCUT2D eigenvalue weighted by Crippen LogP contribution is 2.26. The predicted molar refractivity (Wildman–Crippen MR) is 119 cm³/mol. The summed E-state index contributed by atoms with van der Waals surface area (Å²) >= 11 is 6.62. The van der Waals surface area contributed by atoms with E-state index in [9.17, 15) is 13.2 Å². The van der Waals surface area contributed by atoms with Crippen LogP contribution in [-0.4, -0.2) is 14.3 Å². The van der Waals surface area contributed by atoms with E-state index in [1.54, 1.807) is 60.7 Å². The number of nitrogens with zero attached hydrogens (tertiary/aromatic N) is 1. The van der Waals surface area contributed by atoms with Gasteiger partial charge in [-0.15, -0.1) is 0 Å². The molecule has 0 saturated carbocycles. The number of hydrogen-bond acceptors (Lipinski definition) is 3. The van der Waals surface area contributed by atoms with Gasteiger partial charge < -0.3 is 0 Å². The lowest BCUT2D eigenvalue weighted by Crippen LogP contribution is -2.23. The van der Waals surface area contributed by atoms with Crippen LogP contribution in [0.1, 0.15) is 15.9 Å². The van der Waals surface area contributed by atoms with Crippen LogP contribution in [-0.2, 0) is 15.8 Å². The Labute approximate surface area is 180 Å². The van der Waals surface area contributed by atoms with Gasteiger partial charge in [0.25, 0.3) is 5.91 Å². The third-order valence-corrected chi connectivity index (χ3v) is 6.36. The predicted octanol–water partition coefficient (Wildman–Crippen LogP) is 5.35. The molecule has 0 aliphatic rings. The Bertz CT molecular complexity index is 1070. The van der Waals surface area contributed by atoms with Gasteiger partial charge in [0.1, 0.15) is 0 Å². The first-order chi connectivity index (χ1) is 13.4. The van der Waals surface area contributed by atoms with Crippen LogP contribution in [0.3, 0.4) is 0 Å². The lowest BCUT2D eigenvalue weighted by Gasteiger charge is -2.18. The molecule has 5 nitrogen and oxygen atoms in total. The average Bonchev–Trinajstić information content (AvgIpc) is 2.68. The summed E-state index contributed by atoms with van der Waals surface area (Å²) < 4.78 is 29.8. The number of sulfonamides is 1. The number of para-hydroxylation sites is 1. The topological polar surface area (TPSA) is 66.5 Å². The Morgan fingerprint density at radius 3 is 2.18 bits per heavy atom. The Hall–Kier alpha value is -2.16. The van der Waals surface area contributed by atoms with E-state index < -0.39 is 10.0 Å². The highest BCUT2D eigenvalue weighted by Gasteiger charge is 2.21. The van der Waals surface area contributed by atoms with Crippen molar-refractivity contribution in [1.29, 1.82) is 0 Å². The fraction of sp³-hybridized carbons (Fsp3) is 0.0500. The molecule has 28 heavy (non-hydrogen) atoms. The van der Waals surface area contributed by atoms with E-state index in [0.717, 1.165) is 4.47 Å². The number of carbonyl (C=O) groups is 1. The molecule has 144 valence electrons. The Kier molecular flexibility index (Phi) is 6.53. The number of nitrogens with one attached hydrogen (secondary N) is 1. The molecule has 8 heteroatoms. The number of rotatable bonds is 6. The van der Waals surface area contributed by atoms with Gasteiger partial charge in [-0.05, 0) is 42.0 Å². The van der Waals surface area contributed by atoms with Crippen molar-refractivity contribution in [1.82, 2.24) is 0 Å². The van der Waals surface area contributed by atoms with Gasteiger partial charge in [0.15, 0.2) is 0 Å². The number of halogens is 2. The largest absolute Gasteiger partial charge is 0.282 e. The van der Waals surface area contributed by atoms with Gasteiger partial charge in [-0.3, -0.25) is 9.52 Å². The van der Waals surface area contributed by atoms with Gasteiger partial charge in [0, 0.05) is 4.47 Å². The van der Waals surface area contributed by atoms with Crippen molar-refractivity contribution in [3.8, 4) is 0 Å². The average molecular weight is 524 g/mol. The van der Waals surface area contributed by atoms with Gasteiger partial charge >= 0.3 is 0 Å². The fourth-order valence-corrected chi connectivity index (χ4v) is 4.46. The maximum atomic E-state index is 12.9.